The number of aliphatic carboxylic acids is 1. The van der Waals surface area contributed by atoms with Gasteiger partial charge in [0.15, 0.2) is 0 Å². The second kappa shape index (κ2) is 8.39. The van der Waals surface area contributed by atoms with Crippen molar-refractivity contribution in [1.82, 2.24) is 0 Å². The van der Waals surface area contributed by atoms with Crippen molar-refractivity contribution >= 4 is 34.5 Å². The van der Waals surface area contributed by atoms with Gasteiger partial charge in [0.2, 0.25) is 5.78 Å². The summed E-state index contributed by atoms with van der Waals surface area (Å²) in [7, 11) is 0. The van der Waals surface area contributed by atoms with Gasteiger partial charge in [0.05, 0.1) is 0 Å². The van der Waals surface area contributed by atoms with E-state index in [9.17, 15) is 9.59 Å². The number of hydrogen-bond donors (Lipinski definition) is 1. The van der Waals surface area contributed by atoms with Crippen LogP contribution in [0.3, 0.4) is 0 Å². The van der Waals surface area contributed by atoms with Crippen LogP contribution in [0.4, 0.5) is 0 Å². The molecule has 0 aromatic rings. The average Bonchev–Trinajstić information content (AvgIpc) is 2.07. The van der Waals surface area contributed by atoms with Gasteiger partial charge in [0.25, 0.3) is 0 Å². The van der Waals surface area contributed by atoms with Crippen LogP contribution in [0.15, 0.2) is 0 Å². The van der Waals surface area contributed by atoms with Gasteiger partial charge in [-0.2, -0.15) is 0 Å². The Bertz CT molecular complexity index is 157. The molecule has 0 aromatic carbocycles. The molecular weight excluding hydrogens is 228 g/mol. The van der Waals surface area contributed by atoms with Gasteiger partial charge in [-0.25, -0.2) is 4.79 Å². The number of halogens is 1. The average molecular weight is 239 g/mol. The minimum atomic E-state index is -1.34. The number of alkyl halides is 1. The van der Waals surface area contributed by atoms with E-state index >= 15 is 0 Å². The first-order chi connectivity index (χ1) is 5.59. The molecule has 0 aliphatic heterocycles. The number of carboxylic acids is 1. The van der Waals surface area contributed by atoms with Gasteiger partial charge < -0.3 is 9.90 Å². The van der Waals surface area contributed by atoms with Crippen molar-refractivity contribution in [1.29, 1.82) is 0 Å². The number of carbonyl (C=O) groups is 3. The molecular formula is C7H11BrO4. The molecule has 0 saturated carbocycles. The van der Waals surface area contributed by atoms with Crippen molar-refractivity contribution in [2.24, 2.45) is 5.92 Å². The van der Waals surface area contributed by atoms with E-state index in [4.69, 9.17) is 9.90 Å². The van der Waals surface area contributed by atoms with Gasteiger partial charge in [-0.15, -0.1) is 0 Å². The van der Waals surface area contributed by atoms with Crippen molar-refractivity contribution in [2.75, 3.05) is 5.33 Å². The van der Waals surface area contributed by atoms with Crippen LogP contribution in [0.1, 0.15) is 13.3 Å². The quantitative estimate of drug-likeness (QED) is 0.583. The lowest BCUT2D eigenvalue weighted by molar-refractivity contribution is -0.150. The summed E-state index contributed by atoms with van der Waals surface area (Å²) in [5, 5.41) is 8.87. The molecule has 12 heavy (non-hydrogen) atoms. The van der Waals surface area contributed by atoms with Gasteiger partial charge in [0, 0.05) is 11.2 Å². The summed E-state index contributed by atoms with van der Waals surface area (Å²) in [4.78, 5) is 28.7. The molecule has 5 heteroatoms. The van der Waals surface area contributed by atoms with Crippen LogP contribution in [0, 0.1) is 5.92 Å². The fourth-order valence-corrected chi connectivity index (χ4v) is 1.19. The molecule has 0 aromatic heterocycles. The van der Waals surface area contributed by atoms with Crippen LogP contribution < -0.4 is 0 Å². The Morgan fingerprint density at radius 3 is 2.17 bits per heavy atom. The third-order valence-electron chi connectivity index (χ3n) is 1.20. The molecule has 0 fully saturated rings. The third kappa shape index (κ3) is 6.03. The summed E-state index contributed by atoms with van der Waals surface area (Å²) in [6, 6.07) is 0. The molecule has 0 rings (SSSR count). The Labute approximate surface area is 79.1 Å². The van der Waals surface area contributed by atoms with E-state index in [1.54, 1.807) is 6.92 Å². The molecule has 0 amide bonds. The largest absolute Gasteiger partial charge is 0.475 e. The molecule has 70 valence electrons. The standard InChI is InChI=1S/C6H9BrO3.CH2O/c1-4(2-3-7)5(8)6(9)10;1-2/h4H,2-3H2,1H3,(H,9,10);1H2. The maximum Gasteiger partial charge on any atom is 0.372 e. The van der Waals surface area contributed by atoms with Crippen LogP contribution in [-0.2, 0) is 14.4 Å². The van der Waals surface area contributed by atoms with Crippen LogP contribution in [-0.4, -0.2) is 29.0 Å². The summed E-state index contributed by atoms with van der Waals surface area (Å²) in [6.45, 7) is 3.61. The fourth-order valence-electron chi connectivity index (χ4n) is 0.506. The van der Waals surface area contributed by atoms with Crippen molar-refractivity contribution in [2.45, 2.75) is 13.3 Å². The molecule has 0 spiro atoms. The van der Waals surface area contributed by atoms with Crippen molar-refractivity contribution < 1.29 is 19.5 Å². The predicted octanol–water partition coefficient (Wildman–Crippen LogP) is 0.876. The first-order valence-electron chi connectivity index (χ1n) is 3.21. The SMILES string of the molecule is C=O.CC(CCBr)C(=O)C(=O)O. The molecule has 0 heterocycles. The number of rotatable bonds is 4. The van der Waals surface area contributed by atoms with Crippen molar-refractivity contribution in [3.05, 3.63) is 0 Å². The molecule has 1 atom stereocenters. The Morgan fingerprint density at radius 1 is 1.50 bits per heavy atom. The van der Waals surface area contributed by atoms with Gasteiger partial charge in [-0.3, -0.25) is 4.79 Å². The topological polar surface area (TPSA) is 71.4 Å². The number of carboxylic acid groups (broad SMARTS) is 1. The normalized spacial score (nSPS) is 10.8. The molecule has 0 saturated heterocycles. The zero-order valence-electron chi connectivity index (χ0n) is 6.75. The number of ketones is 1. The van der Waals surface area contributed by atoms with Crippen molar-refractivity contribution in [3.63, 3.8) is 0 Å². The second-order valence-corrected chi connectivity index (χ2v) is 2.84. The lowest BCUT2D eigenvalue weighted by Gasteiger charge is -2.02. The number of carbonyl (C=O) groups excluding carboxylic acids is 2. The smallest absolute Gasteiger partial charge is 0.372 e. The Balaban J connectivity index is 0. The van der Waals surface area contributed by atoms with Crippen LogP contribution >= 0.6 is 15.9 Å². The molecule has 4 nitrogen and oxygen atoms in total. The van der Waals surface area contributed by atoms with Gasteiger partial charge >= 0.3 is 5.97 Å². The maximum absolute atomic E-state index is 10.6. The second-order valence-electron chi connectivity index (χ2n) is 2.05. The summed E-state index contributed by atoms with van der Waals surface area (Å²) in [5.41, 5.74) is 0. The molecule has 0 aliphatic rings. The highest BCUT2D eigenvalue weighted by Gasteiger charge is 2.18. The minimum absolute atomic E-state index is 0.378. The lowest BCUT2D eigenvalue weighted by Crippen LogP contribution is -2.21. The first-order valence-corrected chi connectivity index (χ1v) is 4.33. The van der Waals surface area contributed by atoms with Crippen LogP contribution in [0.2, 0.25) is 0 Å². The lowest BCUT2D eigenvalue weighted by atomic mass is 10.0. The minimum Gasteiger partial charge on any atom is -0.475 e. The monoisotopic (exact) mass is 238 g/mol. The van der Waals surface area contributed by atoms with Crippen LogP contribution in [0.5, 0.6) is 0 Å². The molecule has 0 aliphatic carbocycles. The van der Waals surface area contributed by atoms with E-state index in [2.05, 4.69) is 15.9 Å². The highest BCUT2D eigenvalue weighted by Crippen LogP contribution is 2.05. The highest BCUT2D eigenvalue weighted by molar-refractivity contribution is 9.09. The van der Waals surface area contributed by atoms with E-state index in [0.717, 1.165) is 0 Å². The predicted molar refractivity (Wildman–Crippen MR) is 47.3 cm³/mol. The Morgan fingerprint density at radius 2 is 1.92 bits per heavy atom. The zero-order chi connectivity index (χ0) is 10.1. The maximum atomic E-state index is 10.6. The number of Topliss-reactive ketones (excluding diaryl/α,β-unsaturated/α-hetero) is 1. The fraction of sp³-hybridized carbons (Fsp3) is 0.571. The Hall–Kier alpha value is -0.710. The van der Waals surface area contributed by atoms with E-state index in [0.29, 0.717) is 11.8 Å². The van der Waals surface area contributed by atoms with Gasteiger partial charge in [-0.1, -0.05) is 22.9 Å². The number of hydrogen-bond acceptors (Lipinski definition) is 3. The summed E-state index contributed by atoms with van der Waals surface area (Å²) >= 11 is 3.12. The van der Waals surface area contributed by atoms with E-state index in [-0.39, 0.29) is 5.92 Å². The van der Waals surface area contributed by atoms with E-state index < -0.39 is 11.8 Å². The summed E-state index contributed by atoms with van der Waals surface area (Å²) in [6.07, 6.45) is 0.575. The highest BCUT2D eigenvalue weighted by atomic mass is 79.9. The molecule has 0 radical (unpaired) electrons. The van der Waals surface area contributed by atoms with Crippen LogP contribution in [0.25, 0.3) is 0 Å². The summed E-state index contributed by atoms with van der Waals surface area (Å²) in [5.74, 6) is -2.43. The summed E-state index contributed by atoms with van der Waals surface area (Å²) < 4.78 is 0. The van der Waals surface area contributed by atoms with E-state index in [1.165, 1.54) is 0 Å². The molecule has 0 bridgehead atoms. The molecule has 1 unspecified atom stereocenters. The third-order valence-corrected chi connectivity index (χ3v) is 1.66. The van der Waals surface area contributed by atoms with Gasteiger partial charge in [-0.05, 0) is 6.42 Å². The Kier molecular flexibility index (Phi) is 9.68. The van der Waals surface area contributed by atoms with E-state index in [1.807, 2.05) is 6.79 Å². The zero-order valence-corrected chi connectivity index (χ0v) is 8.33. The first kappa shape index (κ1) is 13.9. The van der Waals surface area contributed by atoms with Crippen molar-refractivity contribution in [3.8, 4) is 0 Å². The molecule has 1 N–H and O–H groups in total. The van der Waals surface area contributed by atoms with Gasteiger partial charge in [0.1, 0.15) is 6.79 Å².